The van der Waals surface area contributed by atoms with Gasteiger partial charge in [0.15, 0.2) is 34.0 Å². The lowest BCUT2D eigenvalue weighted by Gasteiger charge is -2.31. The Morgan fingerprint density at radius 1 is 1.18 bits per heavy atom. The Bertz CT molecular complexity index is 1160. The lowest BCUT2D eigenvalue weighted by Crippen LogP contribution is -2.34. The molecule has 0 bridgehead atoms. The molecule has 4 heterocycles. The Morgan fingerprint density at radius 2 is 1.97 bits per heavy atom. The van der Waals surface area contributed by atoms with Gasteiger partial charge in [0.1, 0.15) is 0 Å². The van der Waals surface area contributed by atoms with Crippen molar-refractivity contribution in [2.75, 3.05) is 32.2 Å². The quantitative estimate of drug-likeness (QED) is 0.484. The van der Waals surface area contributed by atoms with Crippen molar-refractivity contribution in [3.8, 4) is 29.1 Å². The van der Waals surface area contributed by atoms with Crippen LogP contribution in [0.15, 0.2) is 33.0 Å². The fraction of sp³-hybridized carbons (Fsp3) is 0.455. The third-order valence-electron chi connectivity index (χ3n) is 6.13. The predicted molar refractivity (Wildman–Crippen MR) is 127 cm³/mol. The molecule has 0 spiro atoms. The molecule has 0 atom stereocenters. The molecule has 9 nitrogen and oxygen atoms in total. The first-order valence-electron chi connectivity index (χ1n) is 11.0. The number of aromatic nitrogens is 4. The number of benzene rings is 1. The van der Waals surface area contributed by atoms with Crippen LogP contribution in [-0.4, -0.2) is 50.8 Å². The molecule has 11 heteroatoms. The van der Waals surface area contributed by atoms with E-state index in [-0.39, 0.29) is 6.79 Å². The fourth-order valence-corrected chi connectivity index (χ4v) is 5.60. The normalized spacial score (nSPS) is 16.4. The van der Waals surface area contributed by atoms with E-state index in [4.69, 9.17) is 25.5 Å². The Hall–Kier alpha value is -2.55. The van der Waals surface area contributed by atoms with Gasteiger partial charge < -0.3 is 24.7 Å². The van der Waals surface area contributed by atoms with E-state index in [1.54, 1.807) is 6.33 Å². The first-order chi connectivity index (χ1) is 16.1. The van der Waals surface area contributed by atoms with Crippen molar-refractivity contribution in [3.05, 3.63) is 22.9 Å². The number of nitriles is 1. The Balaban J connectivity index is 1.28. The second-order valence-corrected chi connectivity index (χ2v) is 10.1. The van der Waals surface area contributed by atoms with E-state index in [0.717, 1.165) is 66.4 Å². The summed E-state index contributed by atoms with van der Waals surface area (Å²) in [5.74, 6) is 3.24. The number of piperidine rings is 1. The standard InChI is InChI=1S/C22H24BrN7O2S/c23-15-10-16-17(32-13-31-16)11-18(15)33-22-27-19-20(25)26-12-30(21(19)28-22)9-4-14-2-7-29(8-3-14)6-1-5-24/h10-12,14H,1-4,6-9,13,25H2. The average molecular weight is 530 g/mol. The van der Waals surface area contributed by atoms with Gasteiger partial charge in [-0.05, 0) is 78.1 Å². The molecule has 0 aromatic heterocycles. The number of halogens is 1. The second kappa shape index (κ2) is 9.75. The number of fused-ring (bicyclic) bond motifs is 2. The van der Waals surface area contributed by atoms with Gasteiger partial charge in [-0.1, -0.05) is 0 Å². The number of anilines is 1. The smallest absolute Gasteiger partial charge is 0.231 e. The summed E-state index contributed by atoms with van der Waals surface area (Å²) in [7, 11) is 0. The Labute approximate surface area is 204 Å². The molecule has 0 aliphatic carbocycles. The lowest BCUT2D eigenvalue weighted by molar-refractivity contribution is 0.174. The average Bonchev–Trinajstić information content (AvgIpc) is 3.45. The molecule has 0 amide bonds. The number of hydrogen-bond donors (Lipinski definition) is 1. The van der Waals surface area contributed by atoms with Gasteiger partial charge in [0.2, 0.25) is 6.79 Å². The van der Waals surface area contributed by atoms with E-state index < -0.39 is 0 Å². The molecule has 0 radical (unpaired) electrons. The zero-order valence-electron chi connectivity index (χ0n) is 18.0. The van der Waals surface area contributed by atoms with Crippen LogP contribution < -0.4 is 15.2 Å². The van der Waals surface area contributed by atoms with E-state index in [0.29, 0.717) is 34.8 Å². The second-order valence-electron chi connectivity index (χ2n) is 8.22. The van der Waals surface area contributed by atoms with E-state index in [9.17, 15) is 0 Å². The highest BCUT2D eigenvalue weighted by molar-refractivity contribution is 9.10. The van der Waals surface area contributed by atoms with Gasteiger partial charge >= 0.3 is 0 Å². The van der Waals surface area contributed by atoms with E-state index in [1.807, 2.05) is 12.1 Å². The van der Waals surface area contributed by atoms with Crippen LogP contribution >= 0.6 is 27.7 Å². The Morgan fingerprint density at radius 3 is 2.76 bits per heavy atom. The van der Waals surface area contributed by atoms with Crippen LogP contribution in [0, 0.1) is 17.2 Å². The summed E-state index contributed by atoms with van der Waals surface area (Å²) >= 11 is 5.04. The van der Waals surface area contributed by atoms with Crippen molar-refractivity contribution in [2.45, 2.75) is 42.3 Å². The summed E-state index contributed by atoms with van der Waals surface area (Å²) < 4.78 is 13.9. The molecule has 33 heavy (non-hydrogen) atoms. The van der Waals surface area contributed by atoms with Crippen molar-refractivity contribution in [1.82, 2.24) is 24.4 Å². The minimum atomic E-state index is 0.230. The minimum absolute atomic E-state index is 0.230. The molecular weight excluding hydrogens is 506 g/mol. The molecule has 1 saturated heterocycles. The minimum Gasteiger partial charge on any atom is -0.454 e. The van der Waals surface area contributed by atoms with E-state index in [1.165, 1.54) is 11.8 Å². The van der Waals surface area contributed by atoms with Gasteiger partial charge in [0.25, 0.3) is 0 Å². The van der Waals surface area contributed by atoms with Crippen LogP contribution in [0.1, 0.15) is 25.7 Å². The number of ether oxygens (including phenoxy) is 2. The van der Waals surface area contributed by atoms with Crippen molar-refractivity contribution in [1.29, 1.82) is 5.26 Å². The van der Waals surface area contributed by atoms with Gasteiger partial charge in [-0.15, -0.1) is 0 Å². The highest BCUT2D eigenvalue weighted by Gasteiger charge is 2.23. The van der Waals surface area contributed by atoms with E-state index in [2.05, 4.69) is 41.4 Å². The number of rotatable bonds is 7. The van der Waals surface area contributed by atoms with Crippen LogP contribution in [0.4, 0.5) is 5.82 Å². The molecule has 4 aliphatic rings. The predicted octanol–water partition coefficient (Wildman–Crippen LogP) is 4.02. The number of aryl methyl sites for hydroxylation is 1. The molecule has 172 valence electrons. The number of nitrogen functional groups attached to an aromatic ring is 1. The molecule has 2 N–H and O–H groups in total. The summed E-state index contributed by atoms with van der Waals surface area (Å²) in [5, 5.41) is 9.39. The number of nitrogens with two attached hydrogens (primary N) is 1. The van der Waals surface area contributed by atoms with Gasteiger partial charge in [-0.2, -0.15) is 5.26 Å². The van der Waals surface area contributed by atoms with Crippen LogP contribution in [0.3, 0.4) is 0 Å². The third-order valence-corrected chi connectivity index (χ3v) is 7.97. The fourth-order valence-electron chi connectivity index (χ4n) is 4.25. The van der Waals surface area contributed by atoms with Crippen LogP contribution in [0.5, 0.6) is 11.5 Å². The third kappa shape index (κ3) is 4.88. The molecule has 5 rings (SSSR count). The molecule has 0 unspecified atom stereocenters. The molecule has 1 aromatic carbocycles. The number of imidazole rings is 1. The first-order valence-corrected chi connectivity index (χ1v) is 12.6. The van der Waals surface area contributed by atoms with Crippen molar-refractivity contribution in [2.24, 2.45) is 5.92 Å². The topological polar surface area (TPSA) is 115 Å². The highest BCUT2D eigenvalue weighted by Crippen LogP contribution is 2.43. The van der Waals surface area contributed by atoms with Crippen molar-refractivity contribution in [3.63, 3.8) is 0 Å². The summed E-state index contributed by atoms with van der Waals surface area (Å²) in [5.41, 5.74) is 6.75. The largest absolute Gasteiger partial charge is 0.454 e. The first kappa shape index (κ1) is 22.3. The van der Waals surface area contributed by atoms with Crippen molar-refractivity contribution >= 4 is 33.5 Å². The van der Waals surface area contributed by atoms with Gasteiger partial charge in [0, 0.05) is 28.9 Å². The monoisotopic (exact) mass is 529 g/mol. The van der Waals surface area contributed by atoms with E-state index >= 15 is 0 Å². The summed E-state index contributed by atoms with van der Waals surface area (Å²) in [4.78, 5) is 17.1. The van der Waals surface area contributed by atoms with Gasteiger partial charge in [0.05, 0.1) is 12.4 Å². The lowest BCUT2D eigenvalue weighted by atomic mass is 9.93. The van der Waals surface area contributed by atoms with Gasteiger partial charge in [-0.3, -0.25) is 0 Å². The van der Waals surface area contributed by atoms with Crippen LogP contribution in [0.2, 0.25) is 0 Å². The molecule has 1 aromatic rings. The summed E-state index contributed by atoms with van der Waals surface area (Å²) in [6, 6.07) is 6.06. The maximum Gasteiger partial charge on any atom is 0.231 e. The molecule has 0 saturated carbocycles. The Kier molecular flexibility index (Phi) is 6.57. The van der Waals surface area contributed by atoms with Crippen molar-refractivity contribution < 1.29 is 9.47 Å². The maximum atomic E-state index is 8.78. The highest BCUT2D eigenvalue weighted by atomic mass is 79.9. The van der Waals surface area contributed by atoms with Crippen LogP contribution in [-0.2, 0) is 6.54 Å². The summed E-state index contributed by atoms with van der Waals surface area (Å²) in [6.45, 7) is 4.06. The van der Waals surface area contributed by atoms with Gasteiger partial charge in [-0.25, -0.2) is 15.0 Å². The zero-order valence-corrected chi connectivity index (χ0v) is 20.4. The molecule has 4 aliphatic heterocycles. The number of nitrogens with zero attached hydrogens (tertiary/aromatic N) is 6. The number of likely N-dealkylation sites (tertiary alicyclic amines) is 1. The molecule has 1 fully saturated rings. The zero-order chi connectivity index (χ0) is 22.8. The number of hydrogen-bond acceptors (Lipinski definition) is 9. The summed E-state index contributed by atoms with van der Waals surface area (Å²) in [6.07, 6.45) is 5.74. The molecular formula is C22H24BrN7O2S. The SMILES string of the molecule is N#CCCN1CCC(CCn2cnc(N)c3nc(Sc4cc5c(cc4Br)OCO5)nc2-3)CC1. The maximum absolute atomic E-state index is 8.78. The van der Waals surface area contributed by atoms with Crippen LogP contribution in [0.25, 0.3) is 11.5 Å².